The molecule has 7 aromatic rings. The van der Waals surface area contributed by atoms with Gasteiger partial charge in [-0.2, -0.15) is 0 Å². The Kier molecular flexibility index (Phi) is 10.6. The average molecular weight is 759 g/mol. The highest BCUT2D eigenvalue weighted by Crippen LogP contribution is 2.49. The van der Waals surface area contributed by atoms with E-state index in [1.54, 1.807) is 34.1 Å². The zero-order chi connectivity index (χ0) is 39.5. The normalized spacial score (nSPS) is 15.4. The van der Waals surface area contributed by atoms with Gasteiger partial charge in [-0.1, -0.05) is 91.0 Å². The van der Waals surface area contributed by atoms with Gasteiger partial charge in [-0.15, -0.1) is 6.58 Å². The smallest absolute Gasteiger partial charge is 0.302 e. The number of esters is 1. The number of fused-ring (bicyclic) bond motifs is 4. The van der Waals surface area contributed by atoms with Gasteiger partial charge in [-0.3, -0.25) is 19.3 Å². The van der Waals surface area contributed by atoms with Crippen molar-refractivity contribution in [2.45, 2.75) is 44.5 Å². The molecule has 57 heavy (non-hydrogen) atoms. The first-order valence-electron chi connectivity index (χ1n) is 19.1. The molecular formula is C48H42N2O7. The number of nitrogens with zero attached hydrogens (tertiary/aromatic N) is 2. The van der Waals surface area contributed by atoms with Gasteiger partial charge in [0.2, 0.25) is 0 Å². The molecule has 1 N–H and O–H groups in total. The summed E-state index contributed by atoms with van der Waals surface area (Å²) in [6.45, 7) is 5.57. The van der Waals surface area contributed by atoms with Gasteiger partial charge in [-0.05, 0) is 70.1 Å². The summed E-state index contributed by atoms with van der Waals surface area (Å²) in [5.41, 5.74) is 2.73. The quantitative estimate of drug-likeness (QED) is 0.0709. The minimum absolute atomic E-state index is 0.0197. The fourth-order valence-electron chi connectivity index (χ4n) is 8.03. The summed E-state index contributed by atoms with van der Waals surface area (Å²) >= 11 is 0. The van der Waals surface area contributed by atoms with Crippen molar-refractivity contribution in [1.29, 1.82) is 0 Å². The summed E-state index contributed by atoms with van der Waals surface area (Å²) in [6, 6.07) is 39.9. The Labute approximate surface area is 330 Å². The molecule has 3 atom stereocenters. The van der Waals surface area contributed by atoms with Gasteiger partial charge >= 0.3 is 5.97 Å². The van der Waals surface area contributed by atoms with Crippen LogP contribution in [-0.2, 0) is 16.1 Å². The van der Waals surface area contributed by atoms with Crippen molar-refractivity contribution in [1.82, 2.24) is 4.90 Å². The number of furan rings is 1. The molecule has 1 aromatic heterocycles. The maximum absolute atomic E-state index is 15.5. The van der Waals surface area contributed by atoms with Gasteiger partial charge in [0.05, 0.1) is 30.9 Å². The first-order chi connectivity index (χ1) is 27.8. The van der Waals surface area contributed by atoms with E-state index >= 15 is 9.59 Å². The van der Waals surface area contributed by atoms with Crippen molar-refractivity contribution in [3.8, 4) is 5.75 Å². The molecule has 2 heterocycles. The molecule has 2 amide bonds. The van der Waals surface area contributed by atoms with Crippen LogP contribution in [0.3, 0.4) is 0 Å². The fourth-order valence-corrected chi connectivity index (χ4v) is 8.03. The van der Waals surface area contributed by atoms with Crippen molar-refractivity contribution in [2.24, 2.45) is 0 Å². The zero-order valence-electron chi connectivity index (χ0n) is 31.5. The van der Waals surface area contributed by atoms with E-state index in [9.17, 15) is 9.90 Å². The molecule has 9 heteroatoms. The van der Waals surface area contributed by atoms with Crippen LogP contribution < -0.4 is 9.64 Å². The van der Waals surface area contributed by atoms with Crippen LogP contribution >= 0.6 is 0 Å². The molecule has 0 fully saturated rings. The van der Waals surface area contributed by atoms with E-state index < -0.39 is 24.2 Å². The van der Waals surface area contributed by atoms with Crippen LogP contribution in [0.1, 0.15) is 57.8 Å². The van der Waals surface area contributed by atoms with Gasteiger partial charge in [0, 0.05) is 48.4 Å². The molecule has 1 unspecified atom stereocenters. The summed E-state index contributed by atoms with van der Waals surface area (Å²) < 4.78 is 18.6. The number of rotatable bonds is 13. The SMILES string of the molecule is C=CCC(OC(C)=O)[C@@H]1[C@@H](N(Cc2cc3ccccc3o2)C(=O)c2cccc3ccccc23)c2cc(OCCCO)ccc2N1C(=O)c1ccc2ccccc2c1. The van der Waals surface area contributed by atoms with E-state index in [-0.39, 0.29) is 38.0 Å². The molecule has 0 radical (unpaired) electrons. The predicted octanol–water partition coefficient (Wildman–Crippen LogP) is 9.42. The second kappa shape index (κ2) is 16.2. The maximum atomic E-state index is 15.5. The molecule has 1 aliphatic heterocycles. The summed E-state index contributed by atoms with van der Waals surface area (Å²) in [5.74, 6) is -0.134. The van der Waals surface area contributed by atoms with Gasteiger partial charge in [0.1, 0.15) is 23.2 Å². The van der Waals surface area contributed by atoms with Gasteiger partial charge in [0.15, 0.2) is 0 Å². The number of anilines is 1. The number of amides is 2. The largest absolute Gasteiger partial charge is 0.493 e. The molecular weight excluding hydrogens is 717 g/mol. The molecule has 1 aliphatic rings. The van der Waals surface area contributed by atoms with E-state index in [1.807, 2.05) is 115 Å². The molecule has 0 saturated carbocycles. The van der Waals surface area contributed by atoms with E-state index in [0.29, 0.717) is 45.9 Å². The Morgan fingerprint density at radius 2 is 1.58 bits per heavy atom. The number of hydrogen-bond donors (Lipinski definition) is 1. The Balaban J connectivity index is 1.36. The molecule has 0 aliphatic carbocycles. The third kappa shape index (κ3) is 7.37. The molecule has 8 rings (SSSR count). The molecule has 6 aromatic carbocycles. The molecule has 0 bridgehead atoms. The lowest BCUT2D eigenvalue weighted by atomic mass is 9.93. The van der Waals surface area contributed by atoms with Crippen molar-refractivity contribution >= 4 is 56.0 Å². The van der Waals surface area contributed by atoms with Gasteiger partial charge in [0.25, 0.3) is 11.8 Å². The maximum Gasteiger partial charge on any atom is 0.302 e. The number of aliphatic hydroxyl groups is 1. The second-order valence-corrected chi connectivity index (χ2v) is 14.2. The number of carbonyl (C=O) groups is 3. The van der Waals surface area contributed by atoms with Crippen LogP contribution in [0.5, 0.6) is 5.75 Å². The van der Waals surface area contributed by atoms with Crippen LogP contribution in [0.25, 0.3) is 32.5 Å². The van der Waals surface area contributed by atoms with Gasteiger partial charge in [-0.25, -0.2) is 0 Å². The summed E-state index contributed by atoms with van der Waals surface area (Å²) in [5, 5.41) is 13.9. The number of para-hydroxylation sites is 1. The standard InChI is InChI=1S/C48H42N2O7/c1-3-12-44(56-31(2)52)46-45(49(30-38-28-35-16-7-9-20-43(35)57-38)48(54)40-19-10-17-33-14-6-8-18-39(33)40)41-29-37(55-26-11-25-51)23-24-42(41)50(46)47(53)36-22-21-32-13-4-5-15-34(32)27-36/h3-10,13-24,27-29,44-46,51H,1,11-12,25-26,30H2,2H3/t44?,45-,46+/m0/s1. The monoisotopic (exact) mass is 758 g/mol. The molecule has 0 saturated heterocycles. The van der Waals surface area contributed by atoms with Gasteiger partial charge < -0.3 is 23.9 Å². The van der Waals surface area contributed by atoms with E-state index in [0.717, 1.165) is 26.9 Å². The van der Waals surface area contributed by atoms with Crippen molar-refractivity contribution in [2.75, 3.05) is 18.1 Å². The number of hydrogen-bond acceptors (Lipinski definition) is 7. The summed E-state index contributed by atoms with van der Waals surface area (Å²) in [4.78, 5) is 47.0. The topological polar surface area (TPSA) is 110 Å². The van der Waals surface area contributed by atoms with Crippen LogP contribution in [0.2, 0.25) is 0 Å². The van der Waals surface area contributed by atoms with Crippen molar-refractivity contribution < 1.29 is 33.4 Å². The third-order valence-electron chi connectivity index (χ3n) is 10.5. The number of aliphatic hydroxyl groups excluding tert-OH is 1. The Morgan fingerprint density at radius 1 is 0.842 bits per heavy atom. The minimum atomic E-state index is -0.920. The first kappa shape index (κ1) is 37.2. The van der Waals surface area contributed by atoms with Crippen molar-refractivity contribution in [3.05, 3.63) is 169 Å². The van der Waals surface area contributed by atoms with Crippen LogP contribution in [0.4, 0.5) is 5.69 Å². The number of ether oxygens (including phenoxy) is 2. The Morgan fingerprint density at radius 3 is 2.35 bits per heavy atom. The highest BCUT2D eigenvalue weighted by Gasteiger charge is 2.51. The molecule has 9 nitrogen and oxygen atoms in total. The second-order valence-electron chi connectivity index (χ2n) is 14.2. The number of carbonyl (C=O) groups excluding carboxylic acids is 3. The molecule has 0 spiro atoms. The lowest BCUT2D eigenvalue weighted by Gasteiger charge is -2.39. The molecule has 286 valence electrons. The van der Waals surface area contributed by atoms with Crippen molar-refractivity contribution in [3.63, 3.8) is 0 Å². The third-order valence-corrected chi connectivity index (χ3v) is 10.5. The van der Waals surface area contributed by atoms with Crippen LogP contribution in [-0.4, -0.2) is 53.1 Å². The van der Waals surface area contributed by atoms with E-state index in [1.165, 1.54) is 6.92 Å². The summed E-state index contributed by atoms with van der Waals surface area (Å²) in [6.07, 6.45) is 1.35. The highest BCUT2D eigenvalue weighted by molar-refractivity contribution is 6.11. The van der Waals surface area contributed by atoms with Crippen LogP contribution in [0.15, 0.2) is 151 Å². The van der Waals surface area contributed by atoms with E-state index in [4.69, 9.17) is 13.9 Å². The average Bonchev–Trinajstić information content (AvgIpc) is 3.80. The Hall–Kier alpha value is -6.71. The zero-order valence-corrected chi connectivity index (χ0v) is 31.5. The lowest BCUT2D eigenvalue weighted by molar-refractivity contribution is -0.147. The Bertz CT molecular complexity index is 2590. The number of benzene rings is 6. The van der Waals surface area contributed by atoms with Crippen LogP contribution in [0, 0.1) is 0 Å². The first-order valence-corrected chi connectivity index (χ1v) is 19.1. The fraction of sp³-hybridized carbons (Fsp3) is 0.188. The predicted molar refractivity (Wildman–Crippen MR) is 221 cm³/mol. The minimum Gasteiger partial charge on any atom is -0.493 e. The highest BCUT2D eigenvalue weighted by atomic mass is 16.5. The lowest BCUT2D eigenvalue weighted by Crippen LogP contribution is -2.52. The summed E-state index contributed by atoms with van der Waals surface area (Å²) in [7, 11) is 0. The van der Waals surface area contributed by atoms with E-state index in [2.05, 4.69) is 6.58 Å².